The van der Waals surface area contributed by atoms with Crippen molar-refractivity contribution in [3.63, 3.8) is 0 Å². The van der Waals surface area contributed by atoms with Crippen molar-refractivity contribution >= 4 is 11.8 Å². The van der Waals surface area contributed by atoms with Gasteiger partial charge in [-0.05, 0) is 26.0 Å². The van der Waals surface area contributed by atoms with E-state index < -0.39 is 11.8 Å². The topological polar surface area (TPSA) is 86.2 Å². The zero-order valence-corrected chi connectivity index (χ0v) is 8.75. The molecule has 4 heteroatoms. The molecule has 0 bridgehead atoms. The summed E-state index contributed by atoms with van der Waals surface area (Å²) >= 11 is 0. The molecule has 14 heavy (non-hydrogen) atoms. The van der Waals surface area contributed by atoms with Crippen molar-refractivity contribution in [1.82, 2.24) is 0 Å². The van der Waals surface area contributed by atoms with E-state index in [2.05, 4.69) is 31.2 Å². The highest BCUT2D eigenvalue weighted by molar-refractivity contribution is 5.85. The van der Waals surface area contributed by atoms with Crippen molar-refractivity contribution < 1.29 is 9.59 Å². The predicted molar refractivity (Wildman–Crippen MR) is 59.3 cm³/mol. The van der Waals surface area contributed by atoms with E-state index in [1.807, 2.05) is 13.8 Å². The summed E-state index contributed by atoms with van der Waals surface area (Å²) in [6.07, 6.45) is 2.11. The predicted octanol–water partition coefficient (Wildman–Crippen LogP) is 0.898. The molecule has 0 saturated heterocycles. The van der Waals surface area contributed by atoms with Gasteiger partial charge in [-0.3, -0.25) is 9.59 Å². The molecule has 0 rings (SSSR count). The standard InChI is InChI=1S/C4H8.2C3H5NO/c1-4(2)3;2*1-2-3(4)5/h1H2,2-3H3;2*2H,1H2,(H2,4,5). The highest BCUT2D eigenvalue weighted by atomic mass is 16.1. The molecule has 0 aliphatic carbocycles. The summed E-state index contributed by atoms with van der Waals surface area (Å²) in [5.41, 5.74) is 10.2. The first-order valence-corrected chi connectivity index (χ1v) is 3.73. The van der Waals surface area contributed by atoms with E-state index in [0.717, 1.165) is 12.2 Å². The fourth-order valence-electron chi connectivity index (χ4n) is 0. The molecule has 0 aliphatic rings. The summed E-state index contributed by atoms with van der Waals surface area (Å²) < 4.78 is 0. The minimum atomic E-state index is -0.481. The van der Waals surface area contributed by atoms with Crippen LogP contribution in [0.4, 0.5) is 0 Å². The molecule has 0 aromatic rings. The van der Waals surface area contributed by atoms with Gasteiger partial charge in [-0.15, -0.1) is 6.58 Å². The Labute approximate surface area is 85.0 Å². The Balaban J connectivity index is -0.000000131. The summed E-state index contributed by atoms with van der Waals surface area (Å²) in [5, 5.41) is 0. The van der Waals surface area contributed by atoms with Gasteiger partial charge in [0.2, 0.25) is 11.8 Å². The minimum absolute atomic E-state index is 0.481. The van der Waals surface area contributed by atoms with E-state index in [9.17, 15) is 9.59 Å². The number of primary amides is 2. The lowest BCUT2D eigenvalue weighted by Gasteiger charge is -1.65. The third-order valence-electron chi connectivity index (χ3n) is 0.402. The molecule has 0 aromatic heterocycles. The number of allylic oxidation sites excluding steroid dienone is 1. The number of amides is 2. The summed E-state index contributed by atoms with van der Waals surface area (Å²) in [4.78, 5) is 18.9. The lowest BCUT2D eigenvalue weighted by molar-refractivity contribution is -0.114. The van der Waals surface area contributed by atoms with Crippen molar-refractivity contribution in [2.75, 3.05) is 0 Å². The molecule has 0 saturated carbocycles. The molecule has 0 fully saturated rings. The molecule has 0 aliphatic heterocycles. The zero-order chi connectivity index (χ0) is 12.1. The van der Waals surface area contributed by atoms with E-state index in [1.165, 1.54) is 5.57 Å². The molecular formula is C10H18N2O2. The fraction of sp³-hybridized carbons (Fsp3) is 0.200. The molecule has 4 nitrogen and oxygen atoms in total. The van der Waals surface area contributed by atoms with Crippen molar-refractivity contribution in [2.24, 2.45) is 11.5 Å². The highest BCUT2D eigenvalue weighted by Crippen LogP contribution is 1.73. The van der Waals surface area contributed by atoms with Gasteiger partial charge in [0.1, 0.15) is 0 Å². The molecule has 80 valence electrons. The van der Waals surface area contributed by atoms with Crippen LogP contribution in [0.5, 0.6) is 0 Å². The Morgan fingerprint density at radius 3 is 1.07 bits per heavy atom. The Kier molecular flexibility index (Phi) is 17.7. The number of carbonyl (C=O) groups excluding carboxylic acids is 2. The lowest BCUT2D eigenvalue weighted by atomic mass is 10.4. The molecule has 0 aromatic carbocycles. The molecule has 4 N–H and O–H groups in total. The van der Waals surface area contributed by atoms with E-state index in [-0.39, 0.29) is 0 Å². The van der Waals surface area contributed by atoms with E-state index >= 15 is 0 Å². The van der Waals surface area contributed by atoms with Crippen LogP contribution in [0.3, 0.4) is 0 Å². The molecule has 0 unspecified atom stereocenters. The molecule has 2 amide bonds. The summed E-state index contributed by atoms with van der Waals surface area (Å²) in [6, 6.07) is 0. The van der Waals surface area contributed by atoms with Crippen molar-refractivity contribution in [1.29, 1.82) is 0 Å². The van der Waals surface area contributed by atoms with Gasteiger partial charge in [-0.25, -0.2) is 0 Å². The molecular weight excluding hydrogens is 180 g/mol. The number of rotatable bonds is 2. The number of carbonyl (C=O) groups is 2. The van der Waals surface area contributed by atoms with Crippen LogP contribution in [-0.2, 0) is 9.59 Å². The van der Waals surface area contributed by atoms with Gasteiger partial charge < -0.3 is 11.5 Å². The van der Waals surface area contributed by atoms with E-state index in [1.54, 1.807) is 0 Å². The summed E-state index contributed by atoms with van der Waals surface area (Å²) in [6.45, 7) is 13.7. The average molecular weight is 198 g/mol. The number of hydrogen-bond acceptors (Lipinski definition) is 2. The second-order valence-corrected chi connectivity index (χ2v) is 2.42. The molecule has 0 spiro atoms. The van der Waals surface area contributed by atoms with Crippen LogP contribution in [-0.4, -0.2) is 11.8 Å². The maximum atomic E-state index is 9.47. The second kappa shape index (κ2) is 13.7. The minimum Gasteiger partial charge on any atom is -0.366 e. The highest BCUT2D eigenvalue weighted by Gasteiger charge is 1.70. The molecule has 0 radical (unpaired) electrons. The maximum absolute atomic E-state index is 9.47. The van der Waals surface area contributed by atoms with Gasteiger partial charge in [0, 0.05) is 0 Å². The van der Waals surface area contributed by atoms with Gasteiger partial charge in [-0.2, -0.15) is 0 Å². The quantitative estimate of drug-likeness (QED) is 0.510. The second-order valence-electron chi connectivity index (χ2n) is 2.42. The summed E-state index contributed by atoms with van der Waals surface area (Å²) in [5.74, 6) is -0.963. The van der Waals surface area contributed by atoms with E-state index in [4.69, 9.17) is 0 Å². The number of nitrogens with two attached hydrogens (primary N) is 2. The van der Waals surface area contributed by atoms with Crippen LogP contribution in [0.25, 0.3) is 0 Å². The lowest BCUT2D eigenvalue weighted by Crippen LogP contribution is -2.04. The Morgan fingerprint density at radius 1 is 1.00 bits per heavy atom. The van der Waals surface area contributed by atoms with Gasteiger partial charge >= 0.3 is 0 Å². The average Bonchev–Trinajstić information content (AvgIpc) is 2.04. The molecule has 0 heterocycles. The van der Waals surface area contributed by atoms with Crippen LogP contribution in [0.2, 0.25) is 0 Å². The maximum Gasteiger partial charge on any atom is 0.240 e. The van der Waals surface area contributed by atoms with Crippen LogP contribution >= 0.6 is 0 Å². The van der Waals surface area contributed by atoms with Gasteiger partial charge in [0.15, 0.2) is 0 Å². The Morgan fingerprint density at radius 2 is 1.07 bits per heavy atom. The zero-order valence-electron chi connectivity index (χ0n) is 8.75. The first-order valence-electron chi connectivity index (χ1n) is 3.73. The first kappa shape index (κ1) is 18.0. The van der Waals surface area contributed by atoms with E-state index in [0.29, 0.717) is 0 Å². The fourth-order valence-corrected chi connectivity index (χ4v) is 0. The van der Waals surface area contributed by atoms with Crippen molar-refractivity contribution in [3.8, 4) is 0 Å². The van der Waals surface area contributed by atoms with Crippen LogP contribution in [0.15, 0.2) is 37.5 Å². The van der Waals surface area contributed by atoms with Crippen molar-refractivity contribution in [2.45, 2.75) is 13.8 Å². The normalized spacial score (nSPS) is 6.43. The SMILES string of the molecule is C=C(C)C.C=CC(N)=O.C=CC(N)=O. The van der Waals surface area contributed by atoms with Gasteiger partial charge in [0.05, 0.1) is 0 Å². The third kappa shape index (κ3) is 183. The Hall–Kier alpha value is -1.84. The number of hydrogen-bond donors (Lipinski definition) is 2. The largest absolute Gasteiger partial charge is 0.366 e. The van der Waals surface area contributed by atoms with Crippen LogP contribution in [0, 0.1) is 0 Å². The first-order chi connectivity index (χ1) is 6.27. The Bertz CT molecular complexity index is 198. The monoisotopic (exact) mass is 198 g/mol. The van der Waals surface area contributed by atoms with Crippen LogP contribution in [0.1, 0.15) is 13.8 Å². The third-order valence-corrected chi connectivity index (χ3v) is 0.402. The summed E-state index contributed by atoms with van der Waals surface area (Å²) in [7, 11) is 0. The van der Waals surface area contributed by atoms with Gasteiger partial charge in [-0.1, -0.05) is 18.7 Å². The smallest absolute Gasteiger partial charge is 0.240 e. The molecule has 0 atom stereocenters. The van der Waals surface area contributed by atoms with Gasteiger partial charge in [0.25, 0.3) is 0 Å². The van der Waals surface area contributed by atoms with Crippen LogP contribution < -0.4 is 11.5 Å². The van der Waals surface area contributed by atoms with Crippen molar-refractivity contribution in [3.05, 3.63) is 37.5 Å².